The number of rotatable bonds is 6. The van der Waals surface area contributed by atoms with Crippen molar-refractivity contribution in [2.24, 2.45) is 0 Å². The maximum atomic E-state index is 13.8. The number of nitrogens with one attached hydrogen (secondary N) is 2. The predicted molar refractivity (Wildman–Crippen MR) is 142 cm³/mol. The van der Waals surface area contributed by atoms with E-state index in [1.54, 1.807) is 24.0 Å². The monoisotopic (exact) mass is 505 g/mol. The van der Waals surface area contributed by atoms with Crippen LogP contribution in [0.3, 0.4) is 0 Å². The van der Waals surface area contributed by atoms with Crippen LogP contribution in [-0.4, -0.2) is 36.9 Å². The summed E-state index contributed by atoms with van der Waals surface area (Å²) in [4.78, 5) is 28.9. The van der Waals surface area contributed by atoms with E-state index in [4.69, 9.17) is 0 Å². The molecule has 0 fully saturated rings. The Balaban J connectivity index is 1.81. The lowest BCUT2D eigenvalue weighted by Crippen LogP contribution is -2.46. The Morgan fingerprint density at radius 3 is 2.25 bits per heavy atom. The van der Waals surface area contributed by atoms with Crippen LogP contribution in [-0.2, 0) is 21.4 Å². The Kier molecular flexibility index (Phi) is 6.66. The van der Waals surface area contributed by atoms with Gasteiger partial charge in [0.15, 0.2) is 0 Å². The molecule has 0 aliphatic carbocycles. The van der Waals surface area contributed by atoms with Crippen LogP contribution < -0.4 is 10.0 Å². The summed E-state index contributed by atoms with van der Waals surface area (Å²) in [5, 5.41) is 3.01. The quantitative estimate of drug-likeness (QED) is 0.510. The van der Waals surface area contributed by atoms with Crippen molar-refractivity contribution in [1.82, 2.24) is 10.2 Å². The highest BCUT2D eigenvalue weighted by Crippen LogP contribution is 2.40. The van der Waals surface area contributed by atoms with Crippen LogP contribution in [0.4, 0.5) is 5.69 Å². The van der Waals surface area contributed by atoms with Gasteiger partial charge in [0.1, 0.15) is 6.04 Å². The molecule has 4 rings (SSSR count). The van der Waals surface area contributed by atoms with E-state index in [0.717, 1.165) is 22.9 Å². The van der Waals surface area contributed by atoms with Gasteiger partial charge in [-0.2, -0.15) is 0 Å². The SMILES string of the molecule is Cc1c(NS(C)(=O)=O)ccc2c1C(=O)N(Cc1ccccc1-c1ccccc1)C2C(=O)NC(C)(C)C. The third-order valence-electron chi connectivity index (χ3n) is 6.06. The molecule has 0 saturated heterocycles. The summed E-state index contributed by atoms with van der Waals surface area (Å²) in [6.45, 7) is 7.59. The van der Waals surface area contributed by atoms with Crippen molar-refractivity contribution in [2.45, 2.75) is 45.8 Å². The summed E-state index contributed by atoms with van der Waals surface area (Å²) in [6, 6.07) is 20.2. The Labute approximate surface area is 212 Å². The molecule has 7 nitrogen and oxygen atoms in total. The summed E-state index contributed by atoms with van der Waals surface area (Å²) >= 11 is 0. The number of carbonyl (C=O) groups excluding carboxylic acids is 2. The van der Waals surface area contributed by atoms with Gasteiger partial charge in [-0.15, -0.1) is 0 Å². The molecule has 3 aromatic rings. The zero-order valence-electron chi connectivity index (χ0n) is 21.1. The predicted octanol–water partition coefficient (Wildman–Crippen LogP) is 4.65. The average Bonchev–Trinajstić information content (AvgIpc) is 3.07. The number of sulfonamides is 1. The summed E-state index contributed by atoms with van der Waals surface area (Å²) in [5.74, 6) is -0.591. The Morgan fingerprint density at radius 1 is 0.972 bits per heavy atom. The first-order valence-electron chi connectivity index (χ1n) is 11.7. The van der Waals surface area contributed by atoms with E-state index >= 15 is 0 Å². The number of fused-ring (bicyclic) bond motifs is 1. The molecule has 1 atom stereocenters. The van der Waals surface area contributed by atoms with Crippen LogP contribution in [0.1, 0.15) is 53.9 Å². The van der Waals surface area contributed by atoms with Crippen molar-refractivity contribution in [3.8, 4) is 11.1 Å². The number of anilines is 1. The molecule has 0 radical (unpaired) electrons. The molecule has 0 aromatic heterocycles. The maximum Gasteiger partial charge on any atom is 0.255 e. The van der Waals surface area contributed by atoms with Crippen LogP contribution in [0.5, 0.6) is 0 Å². The van der Waals surface area contributed by atoms with Gasteiger partial charge in [-0.1, -0.05) is 60.7 Å². The Bertz CT molecular complexity index is 1430. The van der Waals surface area contributed by atoms with Gasteiger partial charge in [0.2, 0.25) is 15.9 Å². The number of hydrogen-bond donors (Lipinski definition) is 2. The molecule has 1 aliphatic rings. The van der Waals surface area contributed by atoms with E-state index in [9.17, 15) is 18.0 Å². The van der Waals surface area contributed by atoms with Gasteiger partial charge in [-0.3, -0.25) is 14.3 Å². The first-order valence-corrected chi connectivity index (χ1v) is 13.6. The molecule has 2 amide bonds. The van der Waals surface area contributed by atoms with Crippen LogP contribution in [0.25, 0.3) is 11.1 Å². The molecular weight excluding hydrogens is 474 g/mol. The van der Waals surface area contributed by atoms with Crippen LogP contribution >= 0.6 is 0 Å². The second-order valence-corrected chi connectivity index (χ2v) is 11.9. The summed E-state index contributed by atoms with van der Waals surface area (Å²) in [7, 11) is -3.54. The van der Waals surface area contributed by atoms with E-state index in [1.165, 1.54) is 0 Å². The van der Waals surface area contributed by atoms with E-state index in [-0.39, 0.29) is 18.4 Å². The molecule has 188 valence electrons. The topological polar surface area (TPSA) is 95.6 Å². The van der Waals surface area contributed by atoms with Gasteiger partial charge < -0.3 is 10.2 Å². The molecule has 0 saturated carbocycles. The fraction of sp³-hybridized carbons (Fsp3) is 0.286. The third kappa shape index (κ3) is 5.28. The van der Waals surface area contributed by atoms with Crippen molar-refractivity contribution in [1.29, 1.82) is 0 Å². The minimum absolute atomic E-state index is 0.217. The summed E-state index contributed by atoms with van der Waals surface area (Å²) in [6.07, 6.45) is 1.06. The average molecular weight is 506 g/mol. The maximum absolute atomic E-state index is 13.8. The molecule has 1 unspecified atom stereocenters. The molecule has 1 aliphatic heterocycles. The van der Waals surface area contributed by atoms with Crippen molar-refractivity contribution in [2.75, 3.05) is 11.0 Å². The van der Waals surface area contributed by atoms with Crippen molar-refractivity contribution in [3.05, 3.63) is 89.0 Å². The zero-order valence-corrected chi connectivity index (χ0v) is 21.9. The second kappa shape index (κ2) is 9.43. The molecule has 1 heterocycles. The Hall–Kier alpha value is -3.65. The first kappa shape index (κ1) is 25.4. The highest BCUT2D eigenvalue weighted by molar-refractivity contribution is 7.92. The number of carbonyl (C=O) groups is 2. The van der Waals surface area contributed by atoms with Crippen molar-refractivity contribution >= 4 is 27.5 Å². The first-order chi connectivity index (χ1) is 16.9. The smallest absolute Gasteiger partial charge is 0.255 e. The summed E-state index contributed by atoms with van der Waals surface area (Å²) < 4.78 is 26.2. The number of nitrogens with zero attached hydrogens (tertiary/aromatic N) is 1. The molecular formula is C28H31N3O4S. The molecule has 3 aromatic carbocycles. The highest BCUT2D eigenvalue weighted by Gasteiger charge is 2.43. The number of amides is 2. The Morgan fingerprint density at radius 2 is 1.61 bits per heavy atom. The van der Waals surface area contributed by atoms with E-state index in [0.29, 0.717) is 22.4 Å². The number of hydrogen-bond acceptors (Lipinski definition) is 4. The third-order valence-corrected chi connectivity index (χ3v) is 6.65. The lowest BCUT2D eigenvalue weighted by molar-refractivity contribution is -0.127. The highest BCUT2D eigenvalue weighted by atomic mass is 32.2. The fourth-order valence-electron chi connectivity index (χ4n) is 4.61. The molecule has 36 heavy (non-hydrogen) atoms. The molecule has 0 bridgehead atoms. The largest absolute Gasteiger partial charge is 0.349 e. The van der Waals surface area contributed by atoms with Gasteiger partial charge in [-0.25, -0.2) is 8.42 Å². The van der Waals surface area contributed by atoms with E-state index < -0.39 is 21.6 Å². The minimum Gasteiger partial charge on any atom is -0.349 e. The van der Waals surface area contributed by atoms with Crippen molar-refractivity contribution in [3.63, 3.8) is 0 Å². The van der Waals surface area contributed by atoms with Crippen LogP contribution in [0, 0.1) is 6.92 Å². The van der Waals surface area contributed by atoms with Gasteiger partial charge in [-0.05, 0) is 61.6 Å². The van der Waals surface area contributed by atoms with Crippen LogP contribution in [0.2, 0.25) is 0 Å². The molecule has 8 heteroatoms. The number of benzene rings is 3. The van der Waals surface area contributed by atoms with Gasteiger partial charge in [0.05, 0.1) is 17.5 Å². The molecule has 0 spiro atoms. The fourth-order valence-corrected chi connectivity index (χ4v) is 5.23. The lowest BCUT2D eigenvalue weighted by Gasteiger charge is -2.29. The lowest BCUT2D eigenvalue weighted by atomic mass is 9.97. The van der Waals surface area contributed by atoms with Crippen molar-refractivity contribution < 1.29 is 18.0 Å². The normalized spacial score (nSPS) is 15.5. The van der Waals surface area contributed by atoms with Crippen LogP contribution in [0.15, 0.2) is 66.7 Å². The standard InChI is InChI=1S/C28H31N3O4S/c1-18-23(30-36(5,34)35)16-15-22-24(18)27(33)31(25(22)26(32)29-28(2,3)4)17-20-13-9-10-14-21(20)19-11-7-6-8-12-19/h6-16,25,30H,17H2,1-5H3,(H,29,32). The molecule has 2 N–H and O–H groups in total. The zero-order chi connectivity index (χ0) is 26.3. The van der Waals surface area contributed by atoms with E-state index in [1.807, 2.05) is 75.4 Å². The van der Waals surface area contributed by atoms with Gasteiger partial charge in [0.25, 0.3) is 5.91 Å². The van der Waals surface area contributed by atoms with Gasteiger partial charge >= 0.3 is 0 Å². The van der Waals surface area contributed by atoms with E-state index in [2.05, 4.69) is 10.0 Å². The second-order valence-electron chi connectivity index (χ2n) is 10.2. The van der Waals surface area contributed by atoms with Gasteiger partial charge in [0, 0.05) is 12.1 Å². The summed E-state index contributed by atoms with van der Waals surface area (Å²) in [5.41, 5.74) is 4.15. The minimum atomic E-state index is -3.54.